The lowest BCUT2D eigenvalue weighted by Crippen LogP contribution is -2.51. The second-order valence-electron chi connectivity index (χ2n) is 8.23. The molecule has 1 aliphatic rings. The molecule has 166 valence electrons. The fourth-order valence-corrected chi connectivity index (χ4v) is 4.05. The van der Waals surface area contributed by atoms with Crippen molar-refractivity contribution in [2.24, 2.45) is 0 Å². The number of hydrogen-bond acceptors (Lipinski definition) is 4. The molecule has 0 unspecified atom stereocenters. The molecule has 1 saturated heterocycles. The van der Waals surface area contributed by atoms with Crippen LogP contribution in [0.4, 0.5) is 10.1 Å². The van der Waals surface area contributed by atoms with Crippen molar-refractivity contribution >= 4 is 28.4 Å². The molecule has 0 saturated carbocycles. The number of nitrogens with zero attached hydrogens (tertiary/aromatic N) is 3. The minimum absolute atomic E-state index is 0.232. The van der Waals surface area contributed by atoms with Crippen LogP contribution in [0, 0.1) is 19.7 Å². The van der Waals surface area contributed by atoms with Crippen LogP contribution in [0.1, 0.15) is 16.7 Å². The van der Waals surface area contributed by atoms with E-state index in [-0.39, 0.29) is 5.82 Å². The Hall–Kier alpha value is -3.32. The number of carbonyl (C=O) groups excluding carboxylic acids is 2. The van der Waals surface area contributed by atoms with Gasteiger partial charge in [-0.05, 0) is 67.3 Å². The molecule has 0 aliphatic carbocycles. The molecule has 7 heteroatoms. The van der Waals surface area contributed by atoms with Crippen molar-refractivity contribution in [2.75, 3.05) is 38.0 Å². The van der Waals surface area contributed by atoms with Gasteiger partial charge in [0, 0.05) is 44.3 Å². The minimum Gasteiger partial charge on any atom is -0.332 e. The highest BCUT2D eigenvalue weighted by Gasteiger charge is 2.26. The number of nitrogens with one attached hydrogen (secondary N) is 1. The molecule has 1 fully saturated rings. The number of aryl methyl sites for hydroxylation is 2. The summed E-state index contributed by atoms with van der Waals surface area (Å²) < 4.78 is 13.0. The molecular formula is C25H27FN4O2. The van der Waals surface area contributed by atoms with Crippen LogP contribution in [0.3, 0.4) is 0 Å². The molecule has 32 heavy (non-hydrogen) atoms. The van der Waals surface area contributed by atoms with E-state index >= 15 is 0 Å². The number of rotatable bonds is 4. The Labute approximate surface area is 187 Å². The number of amides is 2. The first kappa shape index (κ1) is 21.9. The third-order valence-corrected chi connectivity index (χ3v) is 6.14. The maximum Gasteiger partial charge on any atom is 0.313 e. The molecule has 0 atom stereocenters. The van der Waals surface area contributed by atoms with Crippen molar-refractivity contribution < 1.29 is 14.0 Å². The van der Waals surface area contributed by atoms with E-state index in [4.69, 9.17) is 0 Å². The van der Waals surface area contributed by atoms with Crippen molar-refractivity contribution in [3.8, 4) is 0 Å². The van der Waals surface area contributed by atoms with Crippen LogP contribution in [0.25, 0.3) is 10.9 Å². The Morgan fingerprint density at radius 1 is 1.06 bits per heavy atom. The van der Waals surface area contributed by atoms with Crippen LogP contribution >= 0.6 is 0 Å². The third-order valence-electron chi connectivity index (χ3n) is 6.14. The molecule has 4 rings (SSSR count). The first-order valence-corrected chi connectivity index (χ1v) is 10.8. The van der Waals surface area contributed by atoms with Crippen LogP contribution in [0.15, 0.2) is 48.7 Å². The SMILES string of the molecule is Cc1cc(NC(=O)C(=O)N2CCN(CCc3ccc(F)cc3)CC2)c2cccnc2c1C. The molecular weight excluding hydrogens is 407 g/mol. The Balaban J connectivity index is 1.33. The maximum absolute atomic E-state index is 13.0. The normalized spacial score (nSPS) is 14.5. The van der Waals surface area contributed by atoms with Gasteiger partial charge in [0.25, 0.3) is 0 Å². The van der Waals surface area contributed by atoms with E-state index in [0.717, 1.165) is 40.6 Å². The summed E-state index contributed by atoms with van der Waals surface area (Å²) in [7, 11) is 0. The number of piperazine rings is 1. The number of anilines is 1. The molecule has 1 aliphatic heterocycles. The lowest BCUT2D eigenvalue weighted by atomic mass is 10.0. The molecule has 2 heterocycles. The van der Waals surface area contributed by atoms with Gasteiger partial charge in [0.2, 0.25) is 0 Å². The molecule has 6 nitrogen and oxygen atoms in total. The summed E-state index contributed by atoms with van der Waals surface area (Å²) >= 11 is 0. The van der Waals surface area contributed by atoms with Gasteiger partial charge in [0.1, 0.15) is 5.82 Å². The zero-order chi connectivity index (χ0) is 22.7. The second-order valence-corrected chi connectivity index (χ2v) is 8.23. The Morgan fingerprint density at radius 2 is 1.78 bits per heavy atom. The standard InChI is InChI=1S/C25H27FN4O2/c1-17-16-22(21-4-3-10-27-23(21)18(17)2)28-24(31)25(32)30-14-12-29(13-15-30)11-9-19-5-7-20(26)8-6-19/h3-8,10,16H,9,11-15H2,1-2H3,(H,28,31). The van der Waals surface area contributed by atoms with Crippen molar-refractivity contribution in [2.45, 2.75) is 20.3 Å². The summed E-state index contributed by atoms with van der Waals surface area (Å²) in [5.41, 5.74) is 4.58. The van der Waals surface area contributed by atoms with E-state index in [0.29, 0.717) is 31.9 Å². The quantitative estimate of drug-likeness (QED) is 0.640. The van der Waals surface area contributed by atoms with Crippen LogP contribution < -0.4 is 5.32 Å². The van der Waals surface area contributed by atoms with Crippen molar-refractivity contribution in [3.63, 3.8) is 0 Å². The van der Waals surface area contributed by atoms with E-state index in [2.05, 4.69) is 15.2 Å². The van der Waals surface area contributed by atoms with Gasteiger partial charge >= 0.3 is 11.8 Å². The van der Waals surface area contributed by atoms with Crippen LogP contribution in [-0.2, 0) is 16.0 Å². The molecule has 0 bridgehead atoms. The summed E-state index contributed by atoms with van der Waals surface area (Å²) in [5, 5.41) is 3.62. The third kappa shape index (κ3) is 4.78. The molecule has 2 amide bonds. The van der Waals surface area contributed by atoms with Gasteiger partial charge < -0.3 is 10.2 Å². The van der Waals surface area contributed by atoms with Gasteiger partial charge in [-0.15, -0.1) is 0 Å². The molecule has 0 radical (unpaired) electrons. The summed E-state index contributed by atoms with van der Waals surface area (Å²) in [6.45, 7) is 7.22. The van der Waals surface area contributed by atoms with Crippen molar-refractivity contribution in [3.05, 3.63) is 71.2 Å². The van der Waals surface area contributed by atoms with Gasteiger partial charge in [-0.3, -0.25) is 19.5 Å². The zero-order valence-corrected chi connectivity index (χ0v) is 18.4. The van der Waals surface area contributed by atoms with Gasteiger partial charge in [-0.25, -0.2) is 4.39 Å². The minimum atomic E-state index is -0.627. The van der Waals surface area contributed by atoms with E-state index in [1.807, 2.05) is 32.0 Å². The van der Waals surface area contributed by atoms with Crippen LogP contribution in [0.5, 0.6) is 0 Å². The second kappa shape index (κ2) is 9.44. The molecule has 2 aromatic carbocycles. The summed E-state index contributed by atoms with van der Waals surface area (Å²) in [6.07, 6.45) is 2.55. The fourth-order valence-electron chi connectivity index (χ4n) is 4.05. The van der Waals surface area contributed by atoms with Crippen LogP contribution in [0.2, 0.25) is 0 Å². The average molecular weight is 435 g/mol. The number of hydrogen-bond donors (Lipinski definition) is 1. The predicted molar refractivity (Wildman–Crippen MR) is 123 cm³/mol. The van der Waals surface area contributed by atoms with Gasteiger partial charge in [0.05, 0.1) is 11.2 Å². The lowest BCUT2D eigenvalue weighted by Gasteiger charge is -2.34. The first-order valence-electron chi connectivity index (χ1n) is 10.8. The van der Waals surface area contributed by atoms with E-state index in [1.165, 1.54) is 12.1 Å². The Bertz CT molecular complexity index is 1140. The highest BCUT2D eigenvalue weighted by atomic mass is 19.1. The number of halogens is 1. The average Bonchev–Trinajstić information content (AvgIpc) is 2.82. The molecule has 3 aromatic rings. The van der Waals surface area contributed by atoms with Gasteiger partial charge in [0.15, 0.2) is 0 Å². The summed E-state index contributed by atoms with van der Waals surface area (Å²) in [5.74, 6) is -1.37. The number of aromatic nitrogens is 1. The topological polar surface area (TPSA) is 65.5 Å². The van der Waals surface area contributed by atoms with E-state index < -0.39 is 11.8 Å². The summed E-state index contributed by atoms with van der Waals surface area (Å²) in [4.78, 5) is 33.7. The first-order chi connectivity index (χ1) is 15.4. The monoisotopic (exact) mass is 434 g/mol. The van der Waals surface area contributed by atoms with Crippen LogP contribution in [-0.4, -0.2) is 59.3 Å². The molecule has 1 aromatic heterocycles. The molecule has 0 spiro atoms. The fraction of sp³-hybridized carbons (Fsp3) is 0.320. The van der Waals surface area contributed by atoms with Gasteiger partial charge in [-0.1, -0.05) is 12.1 Å². The highest BCUT2D eigenvalue weighted by Crippen LogP contribution is 2.27. The number of fused-ring (bicyclic) bond motifs is 1. The lowest BCUT2D eigenvalue weighted by molar-refractivity contribution is -0.144. The Kier molecular flexibility index (Phi) is 6.46. The number of pyridine rings is 1. The zero-order valence-electron chi connectivity index (χ0n) is 18.4. The maximum atomic E-state index is 13.0. The van der Waals surface area contributed by atoms with E-state index in [9.17, 15) is 14.0 Å². The van der Waals surface area contributed by atoms with Gasteiger partial charge in [-0.2, -0.15) is 0 Å². The smallest absolute Gasteiger partial charge is 0.313 e. The summed E-state index contributed by atoms with van der Waals surface area (Å²) in [6, 6.07) is 12.1. The highest BCUT2D eigenvalue weighted by molar-refractivity contribution is 6.40. The predicted octanol–water partition coefficient (Wildman–Crippen LogP) is 3.32. The van der Waals surface area contributed by atoms with Crippen molar-refractivity contribution in [1.29, 1.82) is 0 Å². The molecule has 1 N–H and O–H groups in total. The van der Waals surface area contributed by atoms with Crippen molar-refractivity contribution in [1.82, 2.24) is 14.8 Å². The Morgan fingerprint density at radius 3 is 2.50 bits per heavy atom. The number of benzene rings is 2. The largest absolute Gasteiger partial charge is 0.332 e. The number of carbonyl (C=O) groups is 2. The van der Waals surface area contributed by atoms with E-state index in [1.54, 1.807) is 23.2 Å².